The summed E-state index contributed by atoms with van der Waals surface area (Å²) in [4.78, 5) is 0. The molecule has 0 radical (unpaired) electrons. The standard InChI is InChI=1S/C14H17ClN2/c1-9-4-5-13(7-14(9)15)17-10(2)6-12(8-16)11(17)3/h4-7H,8,16H2,1-3H3. The van der Waals surface area contributed by atoms with Gasteiger partial charge in [-0.15, -0.1) is 0 Å². The first-order chi connectivity index (χ1) is 8.04. The van der Waals surface area contributed by atoms with Crippen molar-refractivity contribution in [3.8, 4) is 5.69 Å². The molecule has 0 aliphatic heterocycles. The van der Waals surface area contributed by atoms with Crippen LogP contribution in [0.1, 0.15) is 22.5 Å². The number of nitrogens with zero attached hydrogens (tertiary/aromatic N) is 1. The SMILES string of the molecule is Cc1ccc(-n2c(C)cc(CN)c2C)cc1Cl. The zero-order chi connectivity index (χ0) is 12.6. The summed E-state index contributed by atoms with van der Waals surface area (Å²) in [6.07, 6.45) is 0. The largest absolute Gasteiger partial charge is 0.326 e. The molecule has 2 rings (SSSR count). The molecule has 17 heavy (non-hydrogen) atoms. The second kappa shape index (κ2) is 4.55. The first kappa shape index (κ1) is 12.2. The van der Waals surface area contributed by atoms with E-state index in [0.717, 1.165) is 16.3 Å². The van der Waals surface area contributed by atoms with Gasteiger partial charge in [0, 0.05) is 28.6 Å². The third-order valence-electron chi connectivity index (χ3n) is 3.17. The number of halogens is 1. The molecule has 0 unspecified atom stereocenters. The monoisotopic (exact) mass is 248 g/mol. The summed E-state index contributed by atoms with van der Waals surface area (Å²) in [5, 5.41) is 0.796. The zero-order valence-electron chi connectivity index (χ0n) is 10.4. The fourth-order valence-electron chi connectivity index (χ4n) is 2.15. The predicted molar refractivity (Wildman–Crippen MR) is 72.9 cm³/mol. The van der Waals surface area contributed by atoms with Crippen molar-refractivity contribution in [2.24, 2.45) is 5.73 Å². The number of aryl methyl sites for hydroxylation is 2. The van der Waals surface area contributed by atoms with Crippen molar-refractivity contribution in [3.63, 3.8) is 0 Å². The van der Waals surface area contributed by atoms with Gasteiger partial charge in [0.25, 0.3) is 0 Å². The van der Waals surface area contributed by atoms with Gasteiger partial charge in [-0.25, -0.2) is 0 Å². The maximum Gasteiger partial charge on any atom is 0.0470 e. The van der Waals surface area contributed by atoms with E-state index in [4.69, 9.17) is 17.3 Å². The Morgan fingerprint density at radius 3 is 2.41 bits per heavy atom. The van der Waals surface area contributed by atoms with Crippen molar-refractivity contribution in [3.05, 3.63) is 51.8 Å². The molecular formula is C14H17ClN2. The van der Waals surface area contributed by atoms with Crippen molar-refractivity contribution in [2.45, 2.75) is 27.3 Å². The van der Waals surface area contributed by atoms with Crippen LogP contribution in [0.3, 0.4) is 0 Å². The number of hydrogen-bond donors (Lipinski definition) is 1. The Hall–Kier alpha value is -1.25. The molecule has 0 spiro atoms. The second-order valence-electron chi connectivity index (χ2n) is 4.37. The van der Waals surface area contributed by atoms with Crippen LogP contribution in [-0.2, 0) is 6.54 Å². The van der Waals surface area contributed by atoms with Gasteiger partial charge in [-0.1, -0.05) is 17.7 Å². The number of nitrogens with two attached hydrogens (primary N) is 1. The van der Waals surface area contributed by atoms with E-state index in [-0.39, 0.29) is 0 Å². The summed E-state index contributed by atoms with van der Waals surface area (Å²) in [6, 6.07) is 8.25. The van der Waals surface area contributed by atoms with E-state index in [1.807, 2.05) is 19.1 Å². The molecule has 1 aromatic heterocycles. The molecule has 3 heteroatoms. The average Bonchev–Trinajstić information content (AvgIpc) is 2.58. The minimum atomic E-state index is 0.569. The van der Waals surface area contributed by atoms with Gasteiger partial charge in [0.1, 0.15) is 0 Å². The number of hydrogen-bond acceptors (Lipinski definition) is 1. The van der Waals surface area contributed by atoms with E-state index in [2.05, 4.69) is 30.5 Å². The third kappa shape index (κ3) is 2.11. The van der Waals surface area contributed by atoms with Gasteiger partial charge in [0.2, 0.25) is 0 Å². The van der Waals surface area contributed by atoms with Gasteiger partial charge in [-0.3, -0.25) is 0 Å². The minimum absolute atomic E-state index is 0.569. The fourth-order valence-corrected chi connectivity index (χ4v) is 2.33. The highest BCUT2D eigenvalue weighted by Crippen LogP contribution is 2.24. The molecule has 0 saturated heterocycles. The summed E-state index contributed by atoms with van der Waals surface area (Å²) >= 11 is 6.17. The molecule has 2 aromatic rings. The number of rotatable bonds is 2. The Balaban J connectivity index is 2.60. The highest BCUT2D eigenvalue weighted by Gasteiger charge is 2.10. The van der Waals surface area contributed by atoms with E-state index >= 15 is 0 Å². The van der Waals surface area contributed by atoms with Crippen LogP contribution in [0.2, 0.25) is 5.02 Å². The minimum Gasteiger partial charge on any atom is -0.326 e. The summed E-state index contributed by atoms with van der Waals surface area (Å²) in [5.41, 5.74) is 11.5. The number of aromatic nitrogens is 1. The van der Waals surface area contributed by atoms with Gasteiger partial charge in [-0.05, 0) is 50.1 Å². The maximum absolute atomic E-state index is 6.17. The molecule has 2 N–H and O–H groups in total. The molecule has 1 heterocycles. The quantitative estimate of drug-likeness (QED) is 0.866. The van der Waals surface area contributed by atoms with Crippen LogP contribution >= 0.6 is 11.6 Å². The molecule has 0 bridgehead atoms. The summed E-state index contributed by atoms with van der Waals surface area (Å²) in [6.45, 7) is 6.74. The molecule has 1 aromatic carbocycles. The summed E-state index contributed by atoms with van der Waals surface area (Å²) in [5.74, 6) is 0. The molecule has 0 fully saturated rings. The molecule has 90 valence electrons. The van der Waals surface area contributed by atoms with Crippen LogP contribution in [0.25, 0.3) is 5.69 Å². The molecule has 2 nitrogen and oxygen atoms in total. The topological polar surface area (TPSA) is 30.9 Å². The van der Waals surface area contributed by atoms with Gasteiger partial charge in [0.05, 0.1) is 0 Å². The normalized spacial score (nSPS) is 10.9. The van der Waals surface area contributed by atoms with E-state index < -0.39 is 0 Å². The molecule has 0 atom stereocenters. The summed E-state index contributed by atoms with van der Waals surface area (Å²) in [7, 11) is 0. The first-order valence-corrected chi connectivity index (χ1v) is 6.06. The Labute approximate surface area is 107 Å². The lowest BCUT2D eigenvalue weighted by Crippen LogP contribution is -2.02. The molecule has 0 saturated carbocycles. The first-order valence-electron chi connectivity index (χ1n) is 5.69. The van der Waals surface area contributed by atoms with Gasteiger partial charge >= 0.3 is 0 Å². The van der Waals surface area contributed by atoms with Gasteiger partial charge < -0.3 is 10.3 Å². The van der Waals surface area contributed by atoms with Crippen molar-refractivity contribution in [1.82, 2.24) is 4.57 Å². The van der Waals surface area contributed by atoms with Crippen molar-refractivity contribution in [1.29, 1.82) is 0 Å². The Morgan fingerprint density at radius 1 is 1.18 bits per heavy atom. The summed E-state index contributed by atoms with van der Waals surface area (Å²) < 4.78 is 2.19. The van der Waals surface area contributed by atoms with Crippen LogP contribution in [0.15, 0.2) is 24.3 Å². The van der Waals surface area contributed by atoms with E-state index in [1.165, 1.54) is 17.0 Å². The van der Waals surface area contributed by atoms with Crippen molar-refractivity contribution < 1.29 is 0 Å². The van der Waals surface area contributed by atoms with Crippen LogP contribution in [0, 0.1) is 20.8 Å². The Kier molecular flexibility index (Phi) is 3.27. The van der Waals surface area contributed by atoms with Crippen LogP contribution in [0.5, 0.6) is 0 Å². The van der Waals surface area contributed by atoms with Crippen molar-refractivity contribution >= 4 is 11.6 Å². The Bertz CT molecular complexity index is 556. The van der Waals surface area contributed by atoms with E-state index in [1.54, 1.807) is 0 Å². The zero-order valence-corrected chi connectivity index (χ0v) is 11.2. The van der Waals surface area contributed by atoms with Crippen LogP contribution < -0.4 is 5.73 Å². The Morgan fingerprint density at radius 2 is 1.88 bits per heavy atom. The molecule has 0 aliphatic carbocycles. The highest BCUT2D eigenvalue weighted by atomic mass is 35.5. The third-order valence-corrected chi connectivity index (χ3v) is 3.58. The van der Waals surface area contributed by atoms with Gasteiger partial charge in [-0.2, -0.15) is 0 Å². The lowest BCUT2D eigenvalue weighted by Gasteiger charge is -2.11. The van der Waals surface area contributed by atoms with E-state index in [0.29, 0.717) is 6.54 Å². The smallest absolute Gasteiger partial charge is 0.0470 e. The average molecular weight is 249 g/mol. The van der Waals surface area contributed by atoms with Crippen LogP contribution in [0.4, 0.5) is 0 Å². The lowest BCUT2D eigenvalue weighted by molar-refractivity contribution is 0.942. The number of benzene rings is 1. The molecular weight excluding hydrogens is 232 g/mol. The predicted octanol–water partition coefficient (Wildman–Crippen LogP) is 3.51. The molecule has 0 aliphatic rings. The van der Waals surface area contributed by atoms with Crippen LogP contribution in [-0.4, -0.2) is 4.57 Å². The lowest BCUT2D eigenvalue weighted by atomic mass is 10.2. The molecule has 0 amide bonds. The maximum atomic E-state index is 6.17. The fraction of sp³-hybridized carbons (Fsp3) is 0.286. The van der Waals surface area contributed by atoms with Gasteiger partial charge in [0.15, 0.2) is 0 Å². The van der Waals surface area contributed by atoms with E-state index in [9.17, 15) is 0 Å². The van der Waals surface area contributed by atoms with Crippen molar-refractivity contribution in [2.75, 3.05) is 0 Å². The highest BCUT2D eigenvalue weighted by molar-refractivity contribution is 6.31. The second-order valence-corrected chi connectivity index (χ2v) is 4.78.